The third-order valence-corrected chi connectivity index (χ3v) is 8.51. The van der Waals surface area contributed by atoms with Gasteiger partial charge in [-0.3, -0.25) is 4.79 Å². The Morgan fingerprint density at radius 3 is 1.97 bits per heavy atom. The predicted octanol–water partition coefficient (Wildman–Crippen LogP) is 5.03. The summed E-state index contributed by atoms with van der Waals surface area (Å²) in [7, 11) is 0. The molecule has 2 aromatic heterocycles. The first-order valence-corrected chi connectivity index (χ1v) is 11.7. The van der Waals surface area contributed by atoms with Crippen LogP contribution in [0.15, 0.2) is 0 Å². The van der Waals surface area contributed by atoms with Crippen molar-refractivity contribution in [1.29, 1.82) is 0 Å². The minimum absolute atomic E-state index is 0.0959. The third-order valence-electron chi connectivity index (χ3n) is 6.38. The molecule has 6 N–H and O–H groups in total. The van der Waals surface area contributed by atoms with E-state index in [0.717, 1.165) is 42.5 Å². The quantitative estimate of drug-likeness (QED) is 0.471. The van der Waals surface area contributed by atoms with Crippen LogP contribution in [0.3, 0.4) is 0 Å². The van der Waals surface area contributed by atoms with E-state index in [4.69, 9.17) is 24.6 Å². The molecule has 0 radical (unpaired) electrons. The van der Waals surface area contributed by atoms with Crippen molar-refractivity contribution in [2.24, 2.45) is 0 Å². The van der Waals surface area contributed by atoms with E-state index in [-0.39, 0.29) is 12.0 Å². The first-order valence-electron chi connectivity index (χ1n) is 10.0. The Morgan fingerprint density at radius 1 is 1.00 bits per heavy atom. The molecule has 0 bridgehead atoms. The molecule has 0 unspecified atom stereocenters. The zero-order chi connectivity index (χ0) is 23.0. The van der Waals surface area contributed by atoms with E-state index >= 15 is 0 Å². The van der Waals surface area contributed by atoms with Gasteiger partial charge in [0.2, 0.25) is 11.4 Å². The first kappa shape index (κ1) is 23.1. The molecule has 2 aromatic rings. The normalized spacial score (nSPS) is 24.0. The minimum Gasteiger partial charge on any atom is -0.481 e. The second-order valence-electron chi connectivity index (χ2n) is 8.51. The number of nitrogens with zero attached hydrogens (tertiary/aromatic N) is 2. The largest absolute Gasteiger partial charge is 0.481 e. The van der Waals surface area contributed by atoms with Gasteiger partial charge in [-0.2, -0.15) is 0 Å². The van der Waals surface area contributed by atoms with Crippen LogP contribution in [-0.2, 0) is 28.5 Å². The van der Waals surface area contributed by atoms with Crippen molar-refractivity contribution < 1.29 is 15.0 Å². The number of aryl methyl sites for hydroxylation is 2. The molecular formula is C22H26N4O3S2. The second-order valence-corrected chi connectivity index (χ2v) is 10.8. The lowest BCUT2D eigenvalue weighted by molar-refractivity contribution is -0.143. The van der Waals surface area contributed by atoms with Crippen molar-refractivity contribution in [1.82, 2.24) is 0 Å². The maximum absolute atomic E-state index is 11.4. The smallest absolute Gasteiger partial charge is 0.312 e. The van der Waals surface area contributed by atoms with Gasteiger partial charge in [-0.15, -0.1) is 22.7 Å². The minimum atomic E-state index is -0.943. The summed E-state index contributed by atoms with van der Waals surface area (Å²) in [6, 6.07) is 0. The molecular weight excluding hydrogens is 432 g/mol. The number of nitrogens with two attached hydrogens (primary N) is 2. The van der Waals surface area contributed by atoms with Crippen molar-refractivity contribution >= 4 is 50.0 Å². The first-order chi connectivity index (χ1) is 14.6. The number of aliphatic carboxylic acids is 1. The standard InChI is InChI=1S/C11H12N2O2S.C11H14N2OS/c1-11(10(14)15)5-3-4-6-7(11)8(13-2)9(12)16-6;1-11(6-14)5-3-4-7-8(11)9(13-2)10(12)15-7/h3-5,12H2,1H3,(H,14,15);14H,3-6,12H2,1H3/t2*11-/m01/s1. The van der Waals surface area contributed by atoms with E-state index in [1.54, 1.807) is 6.92 Å². The highest BCUT2D eigenvalue weighted by Gasteiger charge is 2.42. The number of rotatable bonds is 2. The number of carbonyl (C=O) groups is 1. The van der Waals surface area contributed by atoms with Gasteiger partial charge in [-0.25, -0.2) is 9.69 Å². The highest BCUT2D eigenvalue weighted by Crippen LogP contribution is 2.51. The maximum atomic E-state index is 11.4. The summed E-state index contributed by atoms with van der Waals surface area (Å²) in [6.45, 7) is 18.1. The summed E-state index contributed by atoms with van der Waals surface area (Å²) in [5.41, 5.74) is 13.0. The number of anilines is 2. The Bertz CT molecular complexity index is 1110. The Kier molecular flexibility index (Phi) is 6.33. The summed E-state index contributed by atoms with van der Waals surface area (Å²) in [6.07, 6.45) is 5.26. The molecule has 0 saturated carbocycles. The zero-order valence-corrected chi connectivity index (χ0v) is 19.3. The molecule has 2 aliphatic carbocycles. The van der Waals surface area contributed by atoms with Gasteiger partial charge in [0, 0.05) is 5.41 Å². The Labute approximate surface area is 190 Å². The molecule has 2 atom stereocenters. The zero-order valence-electron chi connectivity index (χ0n) is 17.6. The van der Waals surface area contributed by atoms with Gasteiger partial charge in [-0.05, 0) is 66.3 Å². The van der Waals surface area contributed by atoms with Crippen LogP contribution in [0, 0.1) is 13.1 Å². The summed E-state index contributed by atoms with van der Waals surface area (Å²) in [5.74, 6) is -0.865. The number of aliphatic hydroxyl groups is 1. The van der Waals surface area contributed by atoms with Gasteiger partial charge in [0.25, 0.3) is 0 Å². The number of fused-ring (bicyclic) bond motifs is 2. The highest BCUT2D eigenvalue weighted by atomic mass is 32.1. The van der Waals surface area contributed by atoms with E-state index in [1.807, 2.05) is 6.92 Å². The summed E-state index contributed by atoms with van der Waals surface area (Å²) < 4.78 is 0. The number of carboxylic acid groups (broad SMARTS) is 1. The van der Waals surface area contributed by atoms with Crippen molar-refractivity contribution in [2.75, 3.05) is 18.1 Å². The molecule has 2 heterocycles. The Morgan fingerprint density at radius 2 is 1.48 bits per heavy atom. The fourth-order valence-corrected chi connectivity index (χ4v) is 6.99. The molecule has 0 fully saturated rings. The Hall–Kier alpha value is -2.59. The van der Waals surface area contributed by atoms with Gasteiger partial charge < -0.3 is 21.7 Å². The molecule has 0 saturated heterocycles. The van der Waals surface area contributed by atoms with Crippen LogP contribution < -0.4 is 11.5 Å². The number of thiophene rings is 2. The van der Waals surface area contributed by atoms with Crippen LogP contribution in [0.4, 0.5) is 21.4 Å². The van der Waals surface area contributed by atoms with E-state index in [1.165, 1.54) is 27.6 Å². The van der Waals surface area contributed by atoms with Gasteiger partial charge in [0.1, 0.15) is 0 Å². The molecule has 0 spiro atoms. The molecule has 2 aliphatic rings. The number of aliphatic hydroxyl groups excluding tert-OH is 1. The van der Waals surface area contributed by atoms with E-state index < -0.39 is 11.4 Å². The van der Waals surface area contributed by atoms with E-state index in [2.05, 4.69) is 9.69 Å². The van der Waals surface area contributed by atoms with Crippen molar-refractivity contribution in [3.05, 3.63) is 43.7 Å². The topological polar surface area (TPSA) is 118 Å². The summed E-state index contributed by atoms with van der Waals surface area (Å²) >= 11 is 2.87. The average molecular weight is 459 g/mol. The van der Waals surface area contributed by atoms with Gasteiger partial charge in [0.05, 0.1) is 35.2 Å². The van der Waals surface area contributed by atoms with Crippen LogP contribution in [-0.4, -0.2) is 22.8 Å². The van der Waals surface area contributed by atoms with Gasteiger partial charge in [0.15, 0.2) is 0 Å². The van der Waals surface area contributed by atoms with E-state index in [0.29, 0.717) is 33.4 Å². The lowest BCUT2D eigenvalue weighted by atomic mass is 9.73. The molecule has 4 rings (SSSR count). The molecule has 0 aliphatic heterocycles. The van der Waals surface area contributed by atoms with Crippen molar-refractivity contribution in [2.45, 2.75) is 63.2 Å². The van der Waals surface area contributed by atoms with Crippen LogP contribution in [0.5, 0.6) is 0 Å². The molecule has 0 aromatic carbocycles. The number of hydrogen-bond donors (Lipinski definition) is 4. The van der Waals surface area contributed by atoms with Crippen LogP contribution in [0.25, 0.3) is 9.69 Å². The summed E-state index contributed by atoms with van der Waals surface area (Å²) in [4.78, 5) is 20.4. The molecule has 7 nitrogen and oxygen atoms in total. The third kappa shape index (κ3) is 3.78. The fraction of sp³-hybridized carbons (Fsp3) is 0.500. The molecule has 31 heavy (non-hydrogen) atoms. The number of nitrogen functional groups attached to an aromatic ring is 2. The van der Waals surface area contributed by atoms with Crippen molar-refractivity contribution in [3.63, 3.8) is 0 Å². The van der Waals surface area contributed by atoms with Gasteiger partial charge in [-0.1, -0.05) is 6.92 Å². The van der Waals surface area contributed by atoms with Crippen LogP contribution in [0.1, 0.15) is 60.4 Å². The second kappa shape index (κ2) is 8.51. The molecule has 164 valence electrons. The van der Waals surface area contributed by atoms with Crippen LogP contribution >= 0.6 is 22.7 Å². The number of hydrogen-bond acceptors (Lipinski definition) is 6. The van der Waals surface area contributed by atoms with Gasteiger partial charge >= 0.3 is 5.97 Å². The SMILES string of the molecule is [C-]#[N+]c1c(N)sc2c1[C@@](C)(C(=O)O)CCC2.[C-]#[N+]c1c(N)sc2c1[C@@](C)(CO)CCC2. The average Bonchev–Trinajstić information content (AvgIpc) is 3.25. The maximum Gasteiger partial charge on any atom is 0.312 e. The van der Waals surface area contributed by atoms with Crippen LogP contribution in [0.2, 0.25) is 0 Å². The molecule has 0 amide bonds. The Balaban J connectivity index is 0.000000176. The fourth-order valence-electron chi connectivity index (χ4n) is 4.60. The predicted molar refractivity (Wildman–Crippen MR) is 125 cm³/mol. The number of carboxylic acids is 1. The van der Waals surface area contributed by atoms with E-state index in [9.17, 15) is 15.0 Å². The lowest BCUT2D eigenvalue weighted by Gasteiger charge is -2.32. The lowest BCUT2D eigenvalue weighted by Crippen LogP contribution is -2.35. The highest BCUT2D eigenvalue weighted by molar-refractivity contribution is 7.17. The molecule has 9 heteroatoms. The van der Waals surface area contributed by atoms with Crippen molar-refractivity contribution in [3.8, 4) is 0 Å². The summed E-state index contributed by atoms with van der Waals surface area (Å²) in [5, 5.41) is 19.9. The monoisotopic (exact) mass is 458 g/mol.